The Morgan fingerprint density at radius 2 is 0.828 bits per heavy atom. The van der Waals surface area contributed by atoms with Gasteiger partial charge in [0.15, 0.2) is 0 Å². The fourth-order valence-corrected chi connectivity index (χ4v) is 8.80. The van der Waals surface area contributed by atoms with Crippen molar-refractivity contribution in [3.05, 3.63) is 231 Å². The monoisotopic (exact) mass is 738 g/mol. The van der Waals surface area contributed by atoms with Crippen molar-refractivity contribution in [1.29, 1.82) is 0 Å². The van der Waals surface area contributed by atoms with E-state index in [1.54, 1.807) is 0 Å². The van der Waals surface area contributed by atoms with Gasteiger partial charge in [-0.25, -0.2) is 0 Å². The zero-order valence-corrected chi connectivity index (χ0v) is 31.8. The van der Waals surface area contributed by atoms with Gasteiger partial charge in [0.25, 0.3) is 0 Å². The van der Waals surface area contributed by atoms with Crippen LogP contribution in [0.5, 0.6) is 0 Å². The van der Waals surface area contributed by atoms with E-state index in [1.165, 1.54) is 76.7 Å². The highest BCUT2D eigenvalue weighted by molar-refractivity contribution is 6.14. The number of fused-ring (bicyclic) bond motifs is 5. The van der Waals surface area contributed by atoms with E-state index in [0.717, 1.165) is 22.7 Å². The zero-order valence-electron chi connectivity index (χ0n) is 31.8. The lowest BCUT2D eigenvalue weighted by Gasteiger charge is -2.26. The molecular formula is C56H38N2. The summed E-state index contributed by atoms with van der Waals surface area (Å²) in [4.78, 5) is 2.38. The molecule has 11 rings (SSSR count). The molecular weight excluding hydrogens is 701 g/mol. The van der Waals surface area contributed by atoms with Gasteiger partial charge in [-0.15, -0.1) is 0 Å². The van der Waals surface area contributed by atoms with Crippen LogP contribution in [0.15, 0.2) is 231 Å². The molecule has 272 valence electrons. The van der Waals surface area contributed by atoms with Crippen molar-refractivity contribution in [2.75, 3.05) is 4.90 Å². The Balaban J connectivity index is 1.06. The minimum Gasteiger partial charge on any atom is -0.310 e. The molecule has 10 aromatic carbocycles. The summed E-state index contributed by atoms with van der Waals surface area (Å²) in [7, 11) is 0. The molecule has 0 fully saturated rings. The van der Waals surface area contributed by atoms with E-state index in [0.29, 0.717) is 0 Å². The maximum atomic E-state index is 2.39. The second-order valence-corrected chi connectivity index (χ2v) is 15.0. The number of benzene rings is 10. The molecule has 0 radical (unpaired) electrons. The number of anilines is 3. The second-order valence-electron chi connectivity index (χ2n) is 15.0. The van der Waals surface area contributed by atoms with E-state index in [1.807, 2.05) is 0 Å². The zero-order chi connectivity index (χ0) is 38.4. The van der Waals surface area contributed by atoms with E-state index in [4.69, 9.17) is 0 Å². The van der Waals surface area contributed by atoms with Crippen molar-refractivity contribution in [3.63, 3.8) is 0 Å². The van der Waals surface area contributed by atoms with Crippen molar-refractivity contribution >= 4 is 60.4 Å². The lowest BCUT2D eigenvalue weighted by molar-refractivity contribution is 1.18. The Hall–Kier alpha value is -7.68. The highest BCUT2D eigenvalue weighted by Crippen LogP contribution is 2.42. The fourth-order valence-electron chi connectivity index (χ4n) is 8.80. The van der Waals surface area contributed by atoms with Crippen molar-refractivity contribution in [1.82, 2.24) is 4.57 Å². The third kappa shape index (κ3) is 5.82. The third-order valence-corrected chi connectivity index (χ3v) is 11.5. The van der Waals surface area contributed by atoms with E-state index >= 15 is 0 Å². The number of hydrogen-bond donors (Lipinski definition) is 0. The van der Waals surface area contributed by atoms with E-state index < -0.39 is 0 Å². The summed E-state index contributed by atoms with van der Waals surface area (Å²) in [6, 6.07) is 83.6. The summed E-state index contributed by atoms with van der Waals surface area (Å²) in [5, 5.41) is 7.41. The van der Waals surface area contributed by atoms with Gasteiger partial charge in [0.2, 0.25) is 0 Å². The van der Waals surface area contributed by atoms with Gasteiger partial charge in [-0.05, 0) is 122 Å². The molecule has 1 heterocycles. The average Bonchev–Trinajstić information content (AvgIpc) is 3.62. The standard InChI is InChI=1S/C56H38N2/c1-4-14-39(15-5-1)40-26-31-47(32-27-40)57(48-33-28-42(29-34-48)51-24-13-19-43-18-12-23-50(56(43)51)41-16-6-2-7-17-41)49-35-30-44-38-55-53(37-45(44)36-49)52-22-10-11-25-54(52)58(55)46-20-8-3-9-21-46/h1-38H. The van der Waals surface area contributed by atoms with Crippen LogP contribution in [-0.4, -0.2) is 4.57 Å². The van der Waals surface area contributed by atoms with Gasteiger partial charge >= 0.3 is 0 Å². The SMILES string of the molecule is c1ccc(-c2ccc(N(c3ccc(-c4cccc5cccc(-c6ccccc6)c45)cc3)c3ccc4cc5c(cc4c3)c3ccccc3n5-c3ccccc3)cc2)cc1. The van der Waals surface area contributed by atoms with Gasteiger partial charge in [-0.1, -0.05) is 164 Å². The number of rotatable bonds is 7. The number of nitrogens with zero attached hydrogens (tertiary/aromatic N) is 2. The molecule has 0 unspecified atom stereocenters. The number of hydrogen-bond acceptors (Lipinski definition) is 1. The molecule has 0 aliphatic rings. The van der Waals surface area contributed by atoms with Gasteiger partial charge < -0.3 is 9.47 Å². The molecule has 0 aliphatic carbocycles. The second kappa shape index (κ2) is 14.1. The first kappa shape index (κ1) is 33.6. The molecule has 2 heteroatoms. The van der Waals surface area contributed by atoms with Crippen LogP contribution < -0.4 is 4.90 Å². The molecule has 11 aromatic rings. The van der Waals surface area contributed by atoms with Crippen LogP contribution in [0.25, 0.3) is 82.4 Å². The van der Waals surface area contributed by atoms with Crippen LogP contribution in [0.4, 0.5) is 17.1 Å². The summed E-state index contributed by atoms with van der Waals surface area (Å²) < 4.78 is 2.39. The normalized spacial score (nSPS) is 11.4. The van der Waals surface area contributed by atoms with E-state index in [2.05, 4.69) is 240 Å². The van der Waals surface area contributed by atoms with Crippen molar-refractivity contribution in [3.8, 4) is 39.1 Å². The highest BCUT2D eigenvalue weighted by Gasteiger charge is 2.18. The summed E-state index contributed by atoms with van der Waals surface area (Å²) in [5.74, 6) is 0. The predicted octanol–water partition coefficient (Wildman–Crippen LogP) is 15.6. The highest BCUT2D eigenvalue weighted by atomic mass is 15.1. The van der Waals surface area contributed by atoms with Gasteiger partial charge in [0.1, 0.15) is 0 Å². The first-order valence-corrected chi connectivity index (χ1v) is 19.9. The smallest absolute Gasteiger partial charge is 0.0547 e. The molecule has 1 aromatic heterocycles. The quantitative estimate of drug-likeness (QED) is 0.158. The summed E-state index contributed by atoms with van der Waals surface area (Å²) in [5.41, 5.74) is 14.2. The number of para-hydroxylation sites is 2. The molecule has 0 spiro atoms. The maximum Gasteiger partial charge on any atom is 0.0547 e. The molecule has 0 saturated heterocycles. The van der Waals surface area contributed by atoms with Crippen LogP contribution >= 0.6 is 0 Å². The van der Waals surface area contributed by atoms with Crippen molar-refractivity contribution in [2.24, 2.45) is 0 Å². The predicted molar refractivity (Wildman–Crippen MR) is 247 cm³/mol. The van der Waals surface area contributed by atoms with E-state index in [9.17, 15) is 0 Å². The lowest BCUT2D eigenvalue weighted by atomic mass is 9.91. The molecule has 0 atom stereocenters. The molecule has 0 aliphatic heterocycles. The van der Waals surface area contributed by atoms with Crippen LogP contribution in [0.2, 0.25) is 0 Å². The van der Waals surface area contributed by atoms with Crippen LogP contribution in [-0.2, 0) is 0 Å². The van der Waals surface area contributed by atoms with Crippen LogP contribution in [0.3, 0.4) is 0 Å². The molecule has 0 bridgehead atoms. The van der Waals surface area contributed by atoms with Crippen LogP contribution in [0.1, 0.15) is 0 Å². The number of aromatic nitrogens is 1. The Kier molecular flexibility index (Phi) is 8.19. The van der Waals surface area contributed by atoms with Crippen molar-refractivity contribution < 1.29 is 0 Å². The Bertz CT molecular complexity index is 3230. The Morgan fingerprint density at radius 1 is 0.293 bits per heavy atom. The third-order valence-electron chi connectivity index (χ3n) is 11.5. The first-order chi connectivity index (χ1) is 28.8. The van der Waals surface area contributed by atoms with Crippen molar-refractivity contribution in [2.45, 2.75) is 0 Å². The van der Waals surface area contributed by atoms with Gasteiger partial charge in [0.05, 0.1) is 11.0 Å². The summed E-state index contributed by atoms with van der Waals surface area (Å²) in [6.45, 7) is 0. The van der Waals surface area contributed by atoms with Crippen LogP contribution in [0, 0.1) is 0 Å². The summed E-state index contributed by atoms with van der Waals surface area (Å²) in [6.07, 6.45) is 0. The topological polar surface area (TPSA) is 8.17 Å². The minimum atomic E-state index is 1.10. The average molecular weight is 739 g/mol. The molecule has 0 N–H and O–H groups in total. The molecule has 0 saturated carbocycles. The molecule has 2 nitrogen and oxygen atoms in total. The minimum absolute atomic E-state index is 1.10. The lowest BCUT2D eigenvalue weighted by Crippen LogP contribution is -2.09. The van der Waals surface area contributed by atoms with E-state index in [-0.39, 0.29) is 0 Å². The van der Waals surface area contributed by atoms with Gasteiger partial charge in [-0.2, -0.15) is 0 Å². The Labute approximate surface area is 338 Å². The fraction of sp³-hybridized carbons (Fsp3) is 0. The van der Waals surface area contributed by atoms with Gasteiger partial charge in [-0.3, -0.25) is 0 Å². The summed E-state index contributed by atoms with van der Waals surface area (Å²) >= 11 is 0. The molecule has 58 heavy (non-hydrogen) atoms. The largest absolute Gasteiger partial charge is 0.310 e. The maximum absolute atomic E-state index is 2.39. The molecule has 0 amide bonds. The van der Waals surface area contributed by atoms with Gasteiger partial charge in [0, 0.05) is 33.5 Å². The first-order valence-electron chi connectivity index (χ1n) is 19.9. The Morgan fingerprint density at radius 3 is 1.50 bits per heavy atom.